The fourth-order valence-corrected chi connectivity index (χ4v) is 4.91. The SMILES string of the molecule is CCCNC(=O)CN1CC[C@@]2(O)CCCC[C@@H]2[C@@H]1c1cc(OC)ccc1OC. The number of rotatable bonds is 7. The third-order valence-electron chi connectivity index (χ3n) is 6.35. The first kappa shape index (κ1) is 20.9. The number of likely N-dealkylation sites (tertiary alicyclic amines) is 1. The molecule has 156 valence electrons. The third kappa shape index (κ3) is 4.28. The van der Waals surface area contributed by atoms with Crippen LogP contribution in [0.1, 0.15) is 57.1 Å². The van der Waals surface area contributed by atoms with E-state index in [2.05, 4.69) is 10.2 Å². The molecule has 1 aromatic rings. The molecular weight excluding hydrogens is 356 g/mol. The van der Waals surface area contributed by atoms with Crippen LogP contribution >= 0.6 is 0 Å². The average molecular weight is 391 g/mol. The number of fused-ring (bicyclic) bond motifs is 1. The molecule has 3 rings (SSSR count). The van der Waals surface area contributed by atoms with Crippen molar-refractivity contribution in [3.63, 3.8) is 0 Å². The van der Waals surface area contributed by atoms with Gasteiger partial charge in [0, 0.05) is 30.6 Å². The largest absolute Gasteiger partial charge is 0.497 e. The van der Waals surface area contributed by atoms with Crippen molar-refractivity contribution in [2.45, 2.75) is 57.1 Å². The molecule has 2 aliphatic rings. The van der Waals surface area contributed by atoms with Gasteiger partial charge in [-0.25, -0.2) is 0 Å². The Morgan fingerprint density at radius 2 is 2.11 bits per heavy atom. The van der Waals surface area contributed by atoms with Crippen molar-refractivity contribution >= 4 is 5.91 Å². The summed E-state index contributed by atoms with van der Waals surface area (Å²) >= 11 is 0. The van der Waals surface area contributed by atoms with Crippen LogP contribution in [-0.4, -0.2) is 55.4 Å². The first-order chi connectivity index (χ1) is 13.5. The highest BCUT2D eigenvalue weighted by atomic mass is 16.5. The molecule has 1 amide bonds. The van der Waals surface area contributed by atoms with Crippen molar-refractivity contribution in [1.82, 2.24) is 10.2 Å². The lowest BCUT2D eigenvalue weighted by Gasteiger charge is -2.52. The maximum atomic E-state index is 12.5. The van der Waals surface area contributed by atoms with Gasteiger partial charge in [0.15, 0.2) is 0 Å². The summed E-state index contributed by atoms with van der Waals surface area (Å²) in [7, 11) is 3.32. The van der Waals surface area contributed by atoms with Crippen LogP contribution in [0.4, 0.5) is 0 Å². The highest BCUT2D eigenvalue weighted by molar-refractivity contribution is 5.78. The number of nitrogens with zero attached hydrogens (tertiary/aromatic N) is 1. The Morgan fingerprint density at radius 3 is 2.82 bits per heavy atom. The second-order valence-electron chi connectivity index (χ2n) is 8.08. The number of carbonyl (C=O) groups is 1. The molecule has 6 heteroatoms. The number of benzene rings is 1. The van der Waals surface area contributed by atoms with Crippen LogP contribution in [0, 0.1) is 5.92 Å². The fraction of sp³-hybridized carbons (Fsp3) is 0.682. The van der Waals surface area contributed by atoms with E-state index in [1.54, 1.807) is 14.2 Å². The first-order valence-corrected chi connectivity index (χ1v) is 10.5. The number of ether oxygens (including phenoxy) is 2. The second kappa shape index (κ2) is 9.14. The van der Waals surface area contributed by atoms with Gasteiger partial charge in [0.2, 0.25) is 5.91 Å². The van der Waals surface area contributed by atoms with E-state index in [0.717, 1.165) is 49.2 Å². The lowest BCUT2D eigenvalue weighted by atomic mass is 9.66. The minimum absolute atomic E-state index is 0.0370. The van der Waals surface area contributed by atoms with Gasteiger partial charge in [-0.15, -0.1) is 0 Å². The maximum Gasteiger partial charge on any atom is 0.234 e. The monoisotopic (exact) mass is 390 g/mol. The van der Waals surface area contributed by atoms with Crippen LogP contribution in [0.2, 0.25) is 0 Å². The molecule has 0 unspecified atom stereocenters. The van der Waals surface area contributed by atoms with Crippen molar-refractivity contribution in [3.8, 4) is 11.5 Å². The summed E-state index contributed by atoms with van der Waals surface area (Å²) in [4.78, 5) is 14.7. The molecule has 3 atom stereocenters. The summed E-state index contributed by atoms with van der Waals surface area (Å²) < 4.78 is 11.1. The molecule has 1 aromatic carbocycles. The van der Waals surface area contributed by atoms with Gasteiger partial charge in [-0.3, -0.25) is 9.69 Å². The Labute approximate surface area is 168 Å². The summed E-state index contributed by atoms with van der Waals surface area (Å²) in [6.07, 6.45) is 5.57. The summed E-state index contributed by atoms with van der Waals surface area (Å²) in [5, 5.41) is 14.4. The van der Waals surface area contributed by atoms with E-state index in [4.69, 9.17) is 9.47 Å². The van der Waals surface area contributed by atoms with Gasteiger partial charge in [0.25, 0.3) is 0 Å². The predicted octanol–water partition coefficient (Wildman–Crippen LogP) is 2.90. The number of aliphatic hydroxyl groups is 1. The van der Waals surface area contributed by atoms with Gasteiger partial charge in [0.05, 0.1) is 26.4 Å². The first-order valence-electron chi connectivity index (χ1n) is 10.5. The summed E-state index contributed by atoms with van der Waals surface area (Å²) in [6.45, 7) is 3.76. The topological polar surface area (TPSA) is 71.0 Å². The van der Waals surface area contributed by atoms with E-state index in [1.807, 2.05) is 25.1 Å². The molecule has 6 nitrogen and oxygen atoms in total. The minimum Gasteiger partial charge on any atom is -0.497 e. The van der Waals surface area contributed by atoms with Crippen molar-refractivity contribution in [2.24, 2.45) is 5.92 Å². The van der Waals surface area contributed by atoms with Crippen LogP contribution in [0.25, 0.3) is 0 Å². The number of methoxy groups -OCH3 is 2. The fourth-order valence-electron chi connectivity index (χ4n) is 4.91. The number of carbonyl (C=O) groups excluding carboxylic acids is 1. The van der Waals surface area contributed by atoms with E-state index in [0.29, 0.717) is 26.1 Å². The van der Waals surface area contributed by atoms with Crippen LogP contribution < -0.4 is 14.8 Å². The molecule has 0 bridgehead atoms. The van der Waals surface area contributed by atoms with Gasteiger partial charge in [-0.1, -0.05) is 19.8 Å². The average Bonchev–Trinajstić information content (AvgIpc) is 2.71. The smallest absolute Gasteiger partial charge is 0.234 e. The Balaban J connectivity index is 1.97. The zero-order valence-electron chi connectivity index (χ0n) is 17.4. The zero-order chi connectivity index (χ0) is 20.1. The molecule has 2 N–H and O–H groups in total. The van der Waals surface area contributed by atoms with Crippen LogP contribution in [0.3, 0.4) is 0 Å². The Bertz CT molecular complexity index is 681. The van der Waals surface area contributed by atoms with E-state index in [1.165, 1.54) is 0 Å². The van der Waals surface area contributed by atoms with Crippen molar-refractivity contribution < 1.29 is 19.4 Å². The highest BCUT2D eigenvalue weighted by Crippen LogP contribution is 2.51. The third-order valence-corrected chi connectivity index (χ3v) is 6.35. The van der Waals surface area contributed by atoms with Crippen LogP contribution in [-0.2, 0) is 4.79 Å². The second-order valence-corrected chi connectivity index (χ2v) is 8.08. The number of hydrogen-bond acceptors (Lipinski definition) is 5. The predicted molar refractivity (Wildman–Crippen MR) is 109 cm³/mol. The van der Waals surface area contributed by atoms with E-state index in [-0.39, 0.29) is 17.9 Å². The Kier molecular flexibility index (Phi) is 6.83. The highest BCUT2D eigenvalue weighted by Gasteiger charge is 2.49. The molecule has 0 radical (unpaired) electrons. The molecule has 0 spiro atoms. The number of nitrogens with one attached hydrogen (secondary N) is 1. The quantitative estimate of drug-likeness (QED) is 0.749. The Hall–Kier alpha value is -1.79. The Morgan fingerprint density at radius 1 is 1.29 bits per heavy atom. The maximum absolute atomic E-state index is 12.5. The molecule has 1 heterocycles. The molecular formula is C22H34N2O4. The van der Waals surface area contributed by atoms with Gasteiger partial charge >= 0.3 is 0 Å². The van der Waals surface area contributed by atoms with Crippen LogP contribution in [0.5, 0.6) is 11.5 Å². The molecule has 1 aliphatic carbocycles. The normalized spacial score (nSPS) is 27.7. The van der Waals surface area contributed by atoms with E-state index >= 15 is 0 Å². The summed E-state index contributed by atoms with van der Waals surface area (Å²) in [5.74, 6) is 1.65. The van der Waals surface area contributed by atoms with E-state index < -0.39 is 5.60 Å². The van der Waals surface area contributed by atoms with Crippen molar-refractivity contribution in [3.05, 3.63) is 23.8 Å². The molecule has 1 saturated carbocycles. The lowest BCUT2D eigenvalue weighted by Crippen LogP contribution is -2.56. The lowest BCUT2D eigenvalue weighted by molar-refractivity contribution is -0.138. The molecule has 0 aromatic heterocycles. The van der Waals surface area contributed by atoms with Crippen molar-refractivity contribution in [2.75, 3.05) is 33.9 Å². The number of piperidine rings is 1. The van der Waals surface area contributed by atoms with E-state index in [9.17, 15) is 9.90 Å². The number of amides is 1. The molecule has 1 aliphatic heterocycles. The minimum atomic E-state index is -0.673. The van der Waals surface area contributed by atoms with Gasteiger partial charge in [0.1, 0.15) is 11.5 Å². The summed E-state index contributed by atoms with van der Waals surface area (Å²) in [6, 6.07) is 5.73. The molecule has 28 heavy (non-hydrogen) atoms. The van der Waals surface area contributed by atoms with Gasteiger partial charge in [-0.05, 0) is 43.9 Å². The standard InChI is InChI=1S/C22H34N2O4/c1-4-12-23-20(25)15-24-13-11-22(26)10-6-5-7-18(22)21(24)17-14-16(27-2)8-9-19(17)28-3/h8-9,14,18,21,26H,4-7,10-13,15H2,1-3H3,(H,23,25)/t18-,21+,22+/m1/s1. The molecule has 2 fully saturated rings. The summed E-state index contributed by atoms with van der Waals surface area (Å²) in [5.41, 5.74) is 0.322. The molecule has 1 saturated heterocycles. The van der Waals surface area contributed by atoms with Crippen LogP contribution in [0.15, 0.2) is 18.2 Å². The zero-order valence-corrected chi connectivity index (χ0v) is 17.4. The van der Waals surface area contributed by atoms with Gasteiger partial charge in [-0.2, -0.15) is 0 Å². The number of hydrogen-bond donors (Lipinski definition) is 2. The van der Waals surface area contributed by atoms with Gasteiger partial charge < -0.3 is 19.9 Å². The van der Waals surface area contributed by atoms with Crippen molar-refractivity contribution in [1.29, 1.82) is 0 Å².